The number of primary amides is 1. The first kappa shape index (κ1) is 22.9. The van der Waals surface area contributed by atoms with E-state index in [4.69, 9.17) is 26.8 Å². The third-order valence-corrected chi connectivity index (χ3v) is 6.26. The Morgan fingerprint density at radius 3 is 2.55 bits per heavy atom. The molecule has 0 saturated carbocycles. The number of hydrogen-bond acceptors (Lipinski definition) is 6. The molecule has 1 aliphatic rings. The lowest BCUT2D eigenvalue weighted by Crippen LogP contribution is -2.41. The van der Waals surface area contributed by atoms with Crippen molar-refractivity contribution in [1.82, 2.24) is 4.90 Å². The summed E-state index contributed by atoms with van der Waals surface area (Å²) in [4.78, 5) is 26.9. The van der Waals surface area contributed by atoms with Gasteiger partial charge in [-0.1, -0.05) is 23.7 Å². The van der Waals surface area contributed by atoms with Crippen LogP contribution in [0.4, 0.5) is 0 Å². The van der Waals surface area contributed by atoms with Gasteiger partial charge in [0.2, 0.25) is 5.91 Å². The Labute approximate surface area is 185 Å². The molecule has 0 spiro atoms. The van der Waals surface area contributed by atoms with Gasteiger partial charge in [0.15, 0.2) is 11.5 Å². The van der Waals surface area contributed by atoms with Gasteiger partial charge in [0.1, 0.15) is 15.9 Å². The number of amides is 2. The number of nitrogens with zero attached hydrogens (tertiary/aromatic N) is 1. The molecule has 0 aromatic heterocycles. The lowest BCUT2D eigenvalue weighted by molar-refractivity contribution is -0.123. The molecule has 10 heteroatoms. The number of halogens is 1. The van der Waals surface area contributed by atoms with Crippen LogP contribution in [0.2, 0.25) is 5.02 Å². The van der Waals surface area contributed by atoms with E-state index in [1.54, 1.807) is 37.3 Å². The highest BCUT2D eigenvalue weighted by molar-refractivity contribution is 7.90. The number of methoxy groups -OCH3 is 1. The highest BCUT2D eigenvalue weighted by atomic mass is 35.5. The first-order chi connectivity index (χ1) is 14.6. The molecule has 3 rings (SSSR count). The molecule has 31 heavy (non-hydrogen) atoms. The van der Waals surface area contributed by atoms with Crippen LogP contribution in [0, 0.1) is 0 Å². The van der Waals surface area contributed by atoms with Crippen LogP contribution in [0.3, 0.4) is 0 Å². The van der Waals surface area contributed by atoms with E-state index < -0.39 is 39.5 Å². The summed E-state index contributed by atoms with van der Waals surface area (Å²) in [5.41, 5.74) is 6.60. The number of nitrogens with two attached hydrogens (primary N) is 1. The average Bonchev–Trinajstić information content (AvgIpc) is 3.00. The average molecular weight is 467 g/mol. The molecule has 8 nitrogen and oxygen atoms in total. The standard InChI is InChI=1S/C21H23ClN2O6S/c1-4-30-17-10-12(8-9-16(17)29-2)15(11-31(3,27)28)24-19(20(23)25)18-13(21(24)26)6-5-7-14(18)22/h5-10,15,19H,4,11H2,1-3H3,(H2,23,25). The summed E-state index contributed by atoms with van der Waals surface area (Å²) in [7, 11) is -2.09. The zero-order chi connectivity index (χ0) is 22.9. The monoisotopic (exact) mass is 466 g/mol. The van der Waals surface area contributed by atoms with Crippen LogP contribution in [-0.2, 0) is 14.6 Å². The van der Waals surface area contributed by atoms with E-state index >= 15 is 0 Å². The molecule has 0 aliphatic carbocycles. The maximum absolute atomic E-state index is 13.3. The number of carbonyl (C=O) groups is 2. The van der Waals surface area contributed by atoms with Crippen LogP contribution in [0.25, 0.3) is 0 Å². The van der Waals surface area contributed by atoms with E-state index in [0.29, 0.717) is 23.7 Å². The predicted octanol–water partition coefficient (Wildman–Crippen LogP) is 2.52. The number of rotatable bonds is 8. The van der Waals surface area contributed by atoms with Gasteiger partial charge in [0, 0.05) is 22.4 Å². The number of fused-ring (bicyclic) bond motifs is 1. The highest BCUT2D eigenvalue weighted by Gasteiger charge is 2.46. The Bertz CT molecular complexity index is 1130. The van der Waals surface area contributed by atoms with Crippen LogP contribution in [0.5, 0.6) is 11.5 Å². The van der Waals surface area contributed by atoms with Crippen molar-refractivity contribution in [3.05, 3.63) is 58.1 Å². The topological polar surface area (TPSA) is 116 Å². The largest absolute Gasteiger partial charge is 0.493 e. The molecule has 2 amide bonds. The first-order valence-electron chi connectivity index (χ1n) is 9.47. The van der Waals surface area contributed by atoms with E-state index in [9.17, 15) is 18.0 Å². The molecule has 166 valence electrons. The summed E-state index contributed by atoms with van der Waals surface area (Å²) in [5, 5.41) is 0.208. The van der Waals surface area contributed by atoms with Crippen molar-refractivity contribution < 1.29 is 27.5 Å². The van der Waals surface area contributed by atoms with Gasteiger partial charge in [0.25, 0.3) is 5.91 Å². The van der Waals surface area contributed by atoms with Crippen molar-refractivity contribution in [2.75, 3.05) is 25.7 Å². The molecular weight excluding hydrogens is 444 g/mol. The summed E-state index contributed by atoms with van der Waals surface area (Å²) in [6, 6.07) is 7.33. The molecule has 0 radical (unpaired) electrons. The van der Waals surface area contributed by atoms with E-state index in [-0.39, 0.29) is 16.1 Å². The van der Waals surface area contributed by atoms with Gasteiger partial charge < -0.3 is 20.1 Å². The van der Waals surface area contributed by atoms with Crippen LogP contribution in [0.1, 0.15) is 40.5 Å². The summed E-state index contributed by atoms with van der Waals surface area (Å²) in [6.07, 6.45) is 1.06. The normalized spacial score (nSPS) is 16.7. The SMILES string of the molecule is CCOc1cc(C(CS(C)(=O)=O)N2C(=O)c3cccc(Cl)c3C2C(N)=O)ccc1OC. The number of carbonyl (C=O) groups excluding carboxylic acids is 2. The Morgan fingerprint density at radius 1 is 1.26 bits per heavy atom. The minimum Gasteiger partial charge on any atom is -0.493 e. The molecule has 0 fully saturated rings. The second-order valence-electron chi connectivity index (χ2n) is 7.17. The highest BCUT2D eigenvalue weighted by Crippen LogP contribution is 2.44. The van der Waals surface area contributed by atoms with E-state index in [0.717, 1.165) is 6.26 Å². The molecule has 2 aromatic rings. The number of ether oxygens (including phenoxy) is 2. The first-order valence-corrected chi connectivity index (χ1v) is 11.9. The quantitative estimate of drug-likeness (QED) is 0.639. The van der Waals surface area contributed by atoms with Crippen molar-refractivity contribution in [3.63, 3.8) is 0 Å². The van der Waals surface area contributed by atoms with Gasteiger partial charge >= 0.3 is 0 Å². The summed E-state index contributed by atoms with van der Waals surface area (Å²) >= 11 is 6.29. The predicted molar refractivity (Wildman–Crippen MR) is 116 cm³/mol. The van der Waals surface area contributed by atoms with Crippen LogP contribution in [0.15, 0.2) is 36.4 Å². The number of benzene rings is 2. The summed E-state index contributed by atoms with van der Waals surface area (Å²) < 4.78 is 35.5. The number of hydrogen-bond donors (Lipinski definition) is 1. The molecule has 1 heterocycles. The Hall–Kier alpha value is -2.78. The van der Waals surface area contributed by atoms with Gasteiger partial charge in [-0.2, -0.15) is 0 Å². The summed E-state index contributed by atoms with van der Waals surface area (Å²) in [6.45, 7) is 2.15. The van der Waals surface area contributed by atoms with Crippen molar-refractivity contribution in [2.24, 2.45) is 5.73 Å². The zero-order valence-corrected chi connectivity index (χ0v) is 18.9. The van der Waals surface area contributed by atoms with Gasteiger partial charge in [-0.25, -0.2) is 8.42 Å². The van der Waals surface area contributed by atoms with E-state index in [2.05, 4.69) is 0 Å². The molecule has 0 bridgehead atoms. The fraction of sp³-hybridized carbons (Fsp3) is 0.333. The molecule has 2 aromatic carbocycles. The summed E-state index contributed by atoms with van der Waals surface area (Å²) in [5.74, 6) is -0.916. The molecule has 0 saturated heterocycles. The van der Waals surface area contributed by atoms with Crippen LogP contribution < -0.4 is 15.2 Å². The minimum absolute atomic E-state index is 0.208. The second kappa shape index (κ2) is 8.76. The molecule has 2 N–H and O–H groups in total. The van der Waals surface area contributed by atoms with Crippen LogP contribution >= 0.6 is 11.6 Å². The lowest BCUT2D eigenvalue weighted by Gasteiger charge is -2.32. The van der Waals surface area contributed by atoms with Crippen molar-refractivity contribution >= 4 is 33.3 Å². The fourth-order valence-electron chi connectivity index (χ4n) is 3.79. The fourth-order valence-corrected chi connectivity index (χ4v) is 4.99. The van der Waals surface area contributed by atoms with Gasteiger partial charge in [-0.15, -0.1) is 0 Å². The molecule has 2 atom stereocenters. The van der Waals surface area contributed by atoms with Gasteiger partial charge in [-0.05, 0) is 36.8 Å². The Kier molecular flexibility index (Phi) is 6.47. The maximum Gasteiger partial charge on any atom is 0.255 e. The third-order valence-electron chi connectivity index (χ3n) is 5.01. The second-order valence-corrected chi connectivity index (χ2v) is 9.76. The van der Waals surface area contributed by atoms with Crippen molar-refractivity contribution in [3.8, 4) is 11.5 Å². The van der Waals surface area contributed by atoms with Crippen LogP contribution in [-0.4, -0.2) is 50.9 Å². The Balaban J connectivity index is 2.20. The molecule has 1 aliphatic heterocycles. The lowest BCUT2D eigenvalue weighted by atomic mass is 10.0. The van der Waals surface area contributed by atoms with Gasteiger partial charge in [-0.3, -0.25) is 9.59 Å². The smallest absolute Gasteiger partial charge is 0.255 e. The van der Waals surface area contributed by atoms with Crippen molar-refractivity contribution in [1.29, 1.82) is 0 Å². The minimum atomic E-state index is -3.57. The van der Waals surface area contributed by atoms with E-state index in [1.165, 1.54) is 18.1 Å². The zero-order valence-electron chi connectivity index (χ0n) is 17.3. The maximum atomic E-state index is 13.3. The number of sulfone groups is 1. The van der Waals surface area contributed by atoms with Crippen molar-refractivity contribution in [2.45, 2.75) is 19.0 Å². The Morgan fingerprint density at radius 2 is 1.97 bits per heavy atom. The molecule has 2 unspecified atom stereocenters. The third kappa shape index (κ3) is 4.47. The molecular formula is C21H23ClN2O6S. The van der Waals surface area contributed by atoms with E-state index in [1.807, 2.05) is 0 Å². The van der Waals surface area contributed by atoms with Gasteiger partial charge in [0.05, 0.1) is 25.5 Å².